The van der Waals surface area contributed by atoms with Gasteiger partial charge in [-0.3, -0.25) is 9.40 Å². The van der Waals surface area contributed by atoms with Crippen LogP contribution in [0.2, 0.25) is 0 Å². The van der Waals surface area contributed by atoms with Gasteiger partial charge in [0.2, 0.25) is 10.0 Å². The van der Waals surface area contributed by atoms with Crippen LogP contribution in [-0.2, 0) is 17.1 Å². The highest BCUT2D eigenvalue weighted by molar-refractivity contribution is 7.93. The standard InChI is InChI=1S/C9H16N4O2S/c1-13-6-4-9(11-13)12-16(14,15)8-3-2-5-10-7-8/h4,6,8,10H,2-3,5,7H2,1H3,(H,11,12). The zero-order chi connectivity index (χ0) is 11.6. The normalized spacial score (nSPS) is 21.9. The quantitative estimate of drug-likeness (QED) is 0.779. The van der Waals surface area contributed by atoms with E-state index in [9.17, 15) is 8.42 Å². The van der Waals surface area contributed by atoms with Crippen LogP contribution in [0.15, 0.2) is 12.3 Å². The highest BCUT2D eigenvalue weighted by atomic mass is 32.2. The summed E-state index contributed by atoms with van der Waals surface area (Å²) in [6.07, 6.45) is 3.31. The zero-order valence-corrected chi connectivity index (χ0v) is 10.00. The molecule has 16 heavy (non-hydrogen) atoms. The van der Waals surface area contributed by atoms with Gasteiger partial charge in [-0.05, 0) is 19.4 Å². The fraction of sp³-hybridized carbons (Fsp3) is 0.667. The molecule has 1 atom stereocenters. The molecule has 7 heteroatoms. The van der Waals surface area contributed by atoms with Crippen molar-refractivity contribution in [1.82, 2.24) is 15.1 Å². The summed E-state index contributed by atoms with van der Waals surface area (Å²) >= 11 is 0. The van der Waals surface area contributed by atoms with E-state index in [1.165, 1.54) is 0 Å². The van der Waals surface area contributed by atoms with Crippen molar-refractivity contribution in [2.24, 2.45) is 7.05 Å². The van der Waals surface area contributed by atoms with Crippen molar-refractivity contribution >= 4 is 15.8 Å². The van der Waals surface area contributed by atoms with Gasteiger partial charge >= 0.3 is 0 Å². The number of nitrogens with zero attached hydrogens (tertiary/aromatic N) is 2. The molecule has 0 amide bonds. The fourth-order valence-electron chi connectivity index (χ4n) is 1.78. The first kappa shape index (κ1) is 11.4. The number of sulfonamides is 1. The fourth-order valence-corrected chi connectivity index (χ4v) is 3.16. The number of aryl methyl sites for hydroxylation is 1. The molecule has 1 aromatic heterocycles. The van der Waals surface area contributed by atoms with Crippen molar-refractivity contribution in [2.45, 2.75) is 18.1 Å². The molecule has 6 nitrogen and oxygen atoms in total. The minimum atomic E-state index is -3.31. The zero-order valence-electron chi connectivity index (χ0n) is 9.18. The molecule has 2 rings (SSSR count). The van der Waals surface area contributed by atoms with Gasteiger partial charge in [0.15, 0.2) is 5.82 Å². The SMILES string of the molecule is Cn1ccc(NS(=O)(=O)C2CCCNC2)n1. The van der Waals surface area contributed by atoms with Crippen molar-refractivity contribution in [1.29, 1.82) is 0 Å². The monoisotopic (exact) mass is 244 g/mol. The molecule has 1 aliphatic heterocycles. The van der Waals surface area contributed by atoms with Crippen LogP contribution >= 0.6 is 0 Å². The molecule has 90 valence electrons. The Bertz CT molecular complexity index is 448. The maximum absolute atomic E-state index is 12.0. The van der Waals surface area contributed by atoms with Gasteiger partial charge in [-0.2, -0.15) is 5.10 Å². The van der Waals surface area contributed by atoms with E-state index in [4.69, 9.17) is 0 Å². The molecule has 0 bridgehead atoms. The molecular weight excluding hydrogens is 228 g/mol. The third-order valence-electron chi connectivity index (χ3n) is 2.65. The smallest absolute Gasteiger partial charge is 0.238 e. The summed E-state index contributed by atoms with van der Waals surface area (Å²) in [7, 11) is -1.56. The first-order chi connectivity index (χ1) is 7.58. The van der Waals surface area contributed by atoms with Crippen molar-refractivity contribution < 1.29 is 8.42 Å². The van der Waals surface area contributed by atoms with E-state index < -0.39 is 10.0 Å². The largest absolute Gasteiger partial charge is 0.315 e. The number of nitrogens with one attached hydrogen (secondary N) is 2. The van der Waals surface area contributed by atoms with E-state index >= 15 is 0 Å². The van der Waals surface area contributed by atoms with E-state index in [1.54, 1.807) is 24.0 Å². The Hall–Kier alpha value is -1.08. The van der Waals surface area contributed by atoms with Gasteiger partial charge in [0.25, 0.3) is 0 Å². The van der Waals surface area contributed by atoms with Crippen LogP contribution in [0.4, 0.5) is 5.82 Å². The molecule has 1 aliphatic rings. The molecule has 1 unspecified atom stereocenters. The second kappa shape index (κ2) is 4.42. The predicted molar refractivity (Wildman–Crippen MR) is 61.6 cm³/mol. The number of rotatable bonds is 3. The van der Waals surface area contributed by atoms with E-state index in [-0.39, 0.29) is 5.25 Å². The maximum Gasteiger partial charge on any atom is 0.238 e. The summed E-state index contributed by atoms with van der Waals surface area (Å²) in [6, 6.07) is 1.65. The van der Waals surface area contributed by atoms with Gasteiger partial charge in [-0.15, -0.1) is 0 Å². The molecule has 2 heterocycles. The molecule has 1 saturated heterocycles. The third kappa shape index (κ3) is 2.53. The lowest BCUT2D eigenvalue weighted by Gasteiger charge is -2.22. The molecule has 2 N–H and O–H groups in total. The lowest BCUT2D eigenvalue weighted by Crippen LogP contribution is -2.41. The van der Waals surface area contributed by atoms with Crippen LogP contribution in [0.3, 0.4) is 0 Å². The lowest BCUT2D eigenvalue weighted by atomic mass is 10.2. The Labute approximate surface area is 95.1 Å². The minimum Gasteiger partial charge on any atom is -0.315 e. The average molecular weight is 244 g/mol. The van der Waals surface area contributed by atoms with Crippen molar-refractivity contribution in [3.05, 3.63) is 12.3 Å². The molecule has 0 saturated carbocycles. The first-order valence-electron chi connectivity index (χ1n) is 5.30. The van der Waals surface area contributed by atoms with Crippen LogP contribution < -0.4 is 10.0 Å². The molecule has 0 radical (unpaired) electrons. The number of hydrogen-bond donors (Lipinski definition) is 2. The summed E-state index contributed by atoms with van der Waals surface area (Å²) in [5.41, 5.74) is 0. The Balaban J connectivity index is 2.07. The van der Waals surface area contributed by atoms with E-state index in [2.05, 4.69) is 15.1 Å². The first-order valence-corrected chi connectivity index (χ1v) is 6.84. The van der Waals surface area contributed by atoms with Crippen molar-refractivity contribution in [3.8, 4) is 0 Å². The highest BCUT2D eigenvalue weighted by Gasteiger charge is 2.27. The van der Waals surface area contributed by atoms with Crippen LogP contribution in [-0.4, -0.2) is 36.5 Å². The second-order valence-corrected chi connectivity index (χ2v) is 5.95. The Kier molecular flexibility index (Phi) is 3.15. The number of piperidine rings is 1. The van der Waals surface area contributed by atoms with Gasteiger partial charge in [0.1, 0.15) is 0 Å². The van der Waals surface area contributed by atoms with E-state index in [1.807, 2.05) is 0 Å². The maximum atomic E-state index is 12.0. The van der Waals surface area contributed by atoms with Crippen LogP contribution in [0.1, 0.15) is 12.8 Å². The van der Waals surface area contributed by atoms with E-state index in [0.717, 1.165) is 13.0 Å². The Morgan fingerprint density at radius 2 is 2.44 bits per heavy atom. The van der Waals surface area contributed by atoms with Gasteiger partial charge in [0.05, 0.1) is 5.25 Å². The van der Waals surface area contributed by atoms with Crippen LogP contribution in [0.5, 0.6) is 0 Å². The van der Waals surface area contributed by atoms with Gasteiger partial charge < -0.3 is 5.32 Å². The van der Waals surface area contributed by atoms with E-state index in [0.29, 0.717) is 18.8 Å². The molecule has 0 spiro atoms. The topological polar surface area (TPSA) is 76.0 Å². The molecule has 0 aliphatic carbocycles. The average Bonchev–Trinajstić information content (AvgIpc) is 2.64. The van der Waals surface area contributed by atoms with Crippen LogP contribution in [0, 0.1) is 0 Å². The number of hydrogen-bond acceptors (Lipinski definition) is 4. The lowest BCUT2D eigenvalue weighted by molar-refractivity contribution is 0.499. The third-order valence-corrected chi connectivity index (χ3v) is 4.42. The number of anilines is 1. The van der Waals surface area contributed by atoms with Gasteiger partial charge in [0, 0.05) is 25.9 Å². The van der Waals surface area contributed by atoms with Crippen molar-refractivity contribution in [3.63, 3.8) is 0 Å². The summed E-state index contributed by atoms with van der Waals surface area (Å²) < 4.78 is 28.0. The highest BCUT2D eigenvalue weighted by Crippen LogP contribution is 2.14. The Morgan fingerprint density at radius 1 is 1.62 bits per heavy atom. The molecule has 0 aromatic carbocycles. The molecular formula is C9H16N4O2S. The summed E-state index contributed by atoms with van der Waals surface area (Å²) in [4.78, 5) is 0. The van der Waals surface area contributed by atoms with Gasteiger partial charge in [-0.25, -0.2) is 8.42 Å². The van der Waals surface area contributed by atoms with Crippen molar-refractivity contribution in [2.75, 3.05) is 17.8 Å². The Morgan fingerprint density at radius 3 is 3.00 bits per heavy atom. The molecule has 1 aromatic rings. The predicted octanol–water partition coefficient (Wildman–Crippen LogP) is -0.0862. The number of aromatic nitrogens is 2. The van der Waals surface area contributed by atoms with Gasteiger partial charge in [-0.1, -0.05) is 0 Å². The summed E-state index contributed by atoms with van der Waals surface area (Å²) in [5.74, 6) is 0.382. The minimum absolute atomic E-state index is 0.358. The summed E-state index contributed by atoms with van der Waals surface area (Å²) in [5, 5.41) is 6.73. The summed E-state index contributed by atoms with van der Waals surface area (Å²) in [6.45, 7) is 1.41. The van der Waals surface area contributed by atoms with Crippen LogP contribution in [0.25, 0.3) is 0 Å². The molecule has 1 fully saturated rings. The second-order valence-electron chi connectivity index (χ2n) is 3.99.